The molecule has 1 saturated heterocycles. The van der Waals surface area contributed by atoms with Gasteiger partial charge in [-0.1, -0.05) is 0 Å². The molecule has 0 aromatic carbocycles. The van der Waals surface area contributed by atoms with Crippen LogP contribution in [0, 0.1) is 13.8 Å². The predicted octanol–water partition coefficient (Wildman–Crippen LogP) is 4.41. The van der Waals surface area contributed by atoms with Crippen molar-refractivity contribution in [2.24, 2.45) is 0 Å². The minimum Gasteiger partial charge on any atom is -0.298 e. The summed E-state index contributed by atoms with van der Waals surface area (Å²) >= 11 is 3.46. The van der Waals surface area contributed by atoms with Crippen LogP contribution in [-0.4, -0.2) is 30.8 Å². The van der Waals surface area contributed by atoms with Crippen LogP contribution in [0.4, 0.5) is 0 Å². The van der Waals surface area contributed by atoms with Crippen molar-refractivity contribution in [2.75, 3.05) is 20.1 Å². The highest BCUT2D eigenvalue weighted by Crippen LogP contribution is 2.25. The summed E-state index contributed by atoms with van der Waals surface area (Å²) in [7, 11) is 2.06. The van der Waals surface area contributed by atoms with Gasteiger partial charge in [0.25, 0.3) is 0 Å². The second-order valence-corrected chi connectivity index (χ2v) is 8.38. The number of likely N-dealkylation sites (N-methyl/N-ethyl adjacent to an activating group) is 1. The van der Waals surface area contributed by atoms with Crippen LogP contribution in [0.3, 0.4) is 0 Å². The number of Topliss-reactive ketones (excluding diaryl/α,β-unsaturated/α-hetero) is 1. The van der Waals surface area contributed by atoms with Gasteiger partial charge < -0.3 is 0 Å². The summed E-state index contributed by atoms with van der Waals surface area (Å²) in [6.45, 7) is 5.62. The molecule has 0 radical (unpaired) electrons. The fourth-order valence-corrected chi connectivity index (χ4v) is 4.31. The Labute approximate surface area is 139 Å². The summed E-state index contributed by atoms with van der Waals surface area (Å²) in [4.78, 5) is 19.8. The number of ketones is 1. The number of nitrogens with zero attached hydrogens (tertiary/aromatic N) is 1. The van der Waals surface area contributed by atoms with E-state index in [9.17, 15) is 4.79 Å². The Morgan fingerprint density at radius 1 is 0.909 bits per heavy atom. The van der Waals surface area contributed by atoms with Gasteiger partial charge in [0.15, 0.2) is 5.78 Å². The molecule has 114 valence electrons. The molecule has 0 atom stereocenters. The first-order valence-electron chi connectivity index (χ1n) is 7.28. The van der Waals surface area contributed by atoms with Gasteiger partial charge in [0.2, 0.25) is 0 Å². The number of rotatable bonds is 2. The van der Waals surface area contributed by atoms with Gasteiger partial charge in [-0.3, -0.25) is 9.69 Å². The van der Waals surface area contributed by atoms with Crippen molar-refractivity contribution < 1.29 is 4.79 Å². The number of likely N-dealkylation sites (tertiary alicyclic amines) is 1. The Balaban J connectivity index is 1.91. The number of hydrogen-bond donors (Lipinski definition) is 0. The molecule has 4 heteroatoms. The quantitative estimate of drug-likeness (QED) is 0.761. The molecule has 3 rings (SSSR count). The third kappa shape index (κ3) is 3.46. The highest BCUT2D eigenvalue weighted by Gasteiger charge is 2.24. The average molecular weight is 329 g/mol. The van der Waals surface area contributed by atoms with Crippen molar-refractivity contribution in [2.45, 2.75) is 13.8 Å². The molecule has 0 bridgehead atoms. The largest absolute Gasteiger partial charge is 0.298 e. The van der Waals surface area contributed by atoms with Crippen LogP contribution in [0.1, 0.15) is 19.5 Å². The van der Waals surface area contributed by atoms with Crippen LogP contribution < -0.4 is 0 Å². The van der Waals surface area contributed by atoms with Crippen LogP contribution >= 0.6 is 22.7 Å². The Morgan fingerprint density at radius 3 is 1.73 bits per heavy atom. The van der Waals surface area contributed by atoms with Gasteiger partial charge in [0.1, 0.15) is 0 Å². The van der Waals surface area contributed by atoms with E-state index in [-0.39, 0.29) is 5.78 Å². The third-order valence-corrected chi connectivity index (χ3v) is 5.51. The van der Waals surface area contributed by atoms with Gasteiger partial charge in [0, 0.05) is 43.7 Å². The highest BCUT2D eigenvalue weighted by molar-refractivity contribution is 7.13. The first-order valence-corrected chi connectivity index (χ1v) is 8.92. The monoisotopic (exact) mass is 329 g/mol. The van der Waals surface area contributed by atoms with Crippen LogP contribution in [0.2, 0.25) is 0 Å². The minimum absolute atomic E-state index is 0.190. The summed E-state index contributed by atoms with van der Waals surface area (Å²) in [5.74, 6) is 0.190. The van der Waals surface area contributed by atoms with E-state index in [0.717, 1.165) is 34.0 Å². The molecule has 3 heterocycles. The van der Waals surface area contributed by atoms with E-state index in [2.05, 4.69) is 50.1 Å². The minimum atomic E-state index is 0.190. The van der Waals surface area contributed by atoms with E-state index in [4.69, 9.17) is 0 Å². The molecule has 1 aliphatic rings. The van der Waals surface area contributed by atoms with Crippen molar-refractivity contribution >= 4 is 40.6 Å². The molecule has 0 unspecified atom stereocenters. The van der Waals surface area contributed by atoms with Crippen LogP contribution in [0.5, 0.6) is 0 Å². The molecular weight excluding hydrogens is 310 g/mol. The van der Waals surface area contributed by atoms with Crippen LogP contribution in [-0.2, 0) is 4.79 Å². The Hall–Kier alpha value is -1.49. The molecule has 0 spiro atoms. The van der Waals surface area contributed by atoms with Gasteiger partial charge in [-0.15, -0.1) is 22.7 Å². The molecule has 22 heavy (non-hydrogen) atoms. The van der Waals surface area contributed by atoms with Gasteiger partial charge in [0.05, 0.1) is 0 Å². The third-order valence-electron chi connectivity index (χ3n) is 3.62. The molecule has 1 aliphatic heterocycles. The van der Waals surface area contributed by atoms with E-state index in [1.165, 1.54) is 9.75 Å². The Morgan fingerprint density at radius 2 is 1.36 bits per heavy atom. The zero-order valence-corrected chi connectivity index (χ0v) is 14.7. The van der Waals surface area contributed by atoms with E-state index in [1.807, 2.05) is 12.2 Å². The first kappa shape index (κ1) is 15.4. The molecule has 0 N–H and O–H groups in total. The molecule has 0 amide bonds. The number of aryl methyl sites for hydroxylation is 2. The Bertz CT molecular complexity index is 701. The number of hydrogen-bond acceptors (Lipinski definition) is 4. The van der Waals surface area contributed by atoms with E-state index < -0.39 is 0 Å². The molecule has 1 fully saturated rings. The predicted molar refractivity (Wildman–Crippen MR) is 96.6 cm³/mol. The molecule has 2 nitrogen and oxygen atoms in total. The lowest BCUT2D eigenvalue weighted by Crippen LogP contribution is -2.34. The van der Waals surface area contributed by atoms with E-state index in [1.54, 1.807) is 22.7 Å². The van der Waals surface area contributed by atoms with Crippen molar-refractivity contribution in [1.29, 1.82) is 0 Å². The lowest BCUT2D eigenvalue weighted by atomic mass is 9.97. The summed E-state index contributed by atoms with van der Waals surface area (Å²) in [5, 5.41) is 0. The number of thiophene rings is 2. The number of carbonyl (C=O) groups is 1. The highest BCUT2D eigenvalue weighted by atomic mass is 32.1. The van der Waals surface area contributed by atoms with Gasteiger partial charge in [-0.25, -0.2) is 0 Å². The summed E-state index contributed by atoms with van der Waals surface area (Å²) in [6, 6.07) is 8.36. The molecule has 2 aromatic rings. The standard InChI is InChI=1S/C18H19NOS2/c1-12-4-6-16(21-12)8-14-10-19(3)11-15(18(14)20)9-17-7-5-13(2)22-17/h4-9H,10-11H2,1-3H3/b14-8-,15-9+. The lowest BCUT2D eigenvalue weighted by Gasteiger charge is -2.25. The smallest absolute Gasteiger partial charge is 0.187 e. The molecule has 2 aromatic heterocycles. The summed E-state index contributed by atoms with van der Waals surface area (Å²) in [6.07, 6.45) is 4.09. The number of piperidine rings is 1. The fraction of sp³-hybridized carbons (Fsp3) is 0.278. The summed E-state index contributed by atoms with van der Waals surface area (Å²) in [5.41, 5.74) is 1.77. The average Bonchev–Trinajstić information content (AvgIpc) is 3.04. The fourth-order valence-electron chi connectivity index (χ4n) is 2.62. The molecule has 0 aliphatic carbocycles. The van der Waals surface area contributed by atoms with E-state index >= 15 is 0 Å². The lowest BCUT2D eigenvalue weighted by molar-refractivity contribution is -0.113. The molecule has 0 saturated carbocycles. The zero-order chi connectivity index (χ0) is 15.7. The van der Waals surface area contributed by atoms with Gasteiger partial charge in [-0.2, -0.15) is 0 Å². The van der Waals surface area contributed by atoms with Crippen molar-refractivity contribution in [3.05, 3.63) is 54.9 Å². The van der Waals surface area contributed by atoms with E-state index in [0.29, 0.717) is 0 Å². The molecular formula is C18H19NOS2. The second-order valence-electron chi connectivity index (χ2n) is 5.74. The summed E-state index contributed by atoms with van der Waals surface area (Å²) < 4.78 is 0. The maximum absolute atomic E-state index is 12.7. The van der Waals surface area contributed by atoms with Gasteiger partial charge >= 0.3 is 0 Å². The Kier molecular flexibility index (Phi) is 4.43. The SMILES string of the molecule is Cc1ccc(/C=C2/CN(C)C/C(=C\c3ccc(C)s3)C2=O)s1. The first-order chi connectivity index (χ1) is 10.5. The second kappa shape index (κ2) is 6.32. The van der Waals surface area contributed by atoms with Crippen molar-refractivity contribution in [1.82, 2.24) is 4.90 Å². The topological polar surface area (TPSA) is 20.3 Å². The van der Waals surface area contributed by atoms with Crippen molar-refractivity contribution in [3.8, 4) is 0 Å². The van der Waals surface area contributed by atoms with Crippen LogP contribution in [0.25, 0.3) is 12.2 Å². The maximum Gasteiger partial charge on any atom is 0.187 e. The number of carbonyl (C=O) groups excluding carboxylic acids is 1. The zero-order valence-electron chi connectivity index (χ0n) is 13.1. The van der Waals surface area contributed by atoms with Crippen LogP contribution in [0.15, 0.2) is 35.4 Å². The van der Waals surface area contributed by atoms with Gasteiger partial charge in [-0.05, 0) is 57.3 Å². The maximum atomic E-state index is 12.7. The van der Waals surface area contributed by atoms with Crippen molar-refractivity contribution in [3.63, 3.8) is 0 Å². The normalized spacial score (nSPS) is 20.2.